The molecule has 0 spiro atoms. The fourth-order valence-electron chi connectivity index (χ4n) is 3.79. The third-order valence-corrected chi connectivity index (χ3v) is 17.3. The van der Waals surface area contributed by atoms with Gasteiger partial charge < -0.3 is 23.7 Å². The van der Waals surface area contributed by atoms with Crippen molar-refractivity contribution in [3.8, 4) is 0 Å². The molecule has 1 saturated heterocycles. The molecule has 13 heteroatoms. The Morgan fingerprint density at radius 2 is 1.60 bits per heavy atom. The first-order valence-electron chi connectivity index (χ1n) is 13.5. The maximum absolute atomic E-state index is 13.3. The summed E-state index contributed by atoms with van der Waals surface area (Å²) in [5, 5.41) is 13.7. The standard InChI is InChI=1S/C27H44N4O7Si2/c1-26(2,3)39(7,8)35-18-20-22(37-31(33)34)23(38-40(9,10)27(4,5)6)24(36-20)30-17-16-21(29-25(30)32)28-19-14-12-11-13-15-19/h11-17,20,22-24H,18H2,1-10H3,(H,28,29,32)/t20-,22-,23-,24-/m1/s1. The number of para-hydroxylation sites is 1. The van der Waals surface area contributed by atoms with Gasteiger partial charge in [0.15, 0.2) is 29.0 Å². The minimum Gasteiger partial charge on any atom is -0.414 e. The molecule has 0 amide bonds. The summed E-state index contributed by atoms with van der Waals surface area (Å²) in [4.78, 5) is 34.4. The molecule has 0 unspecified atom stereocenters. The van der Waals surface area contributed by atoms with Crippen molar-refractivity contribution in [1.29, 1.82) is 0 Å². The molecule has 11 nitrogen and oxygen atoms in total. The molecule has 0 aliphatic carbocycles. The highest BCUT2D eigenvalue weighted by Gasteiger charge is 2.53. The lowest BCUT2D eigenvalue weighted by atomic mass is 10.1. The largest absolute Gasteiger partial charge is 0.414 e. The number of hydrogen-bond acceptors (Lipinski definition) is 9. The number of rotatable bonds is 10. The van der Waals surface area contributed by atoms with Gasteiger partial charge in [-0.05, 0) is 54.5 Å². The summed E-state index contributed by atoms with van der Waals surface area (Å²) >= 11 is 0. The topological polar surface area (TPSA) is 127 Å². The number of nitrogens with one attached hydrogen (secondary N) is 1. The summed E-state index contributed by atoms with van der Waals surface area (Å²) in [6.45, 7) is 20.9. The SMILES string of the molecule is CC(C)(C)[Si](C)(C)OC[C@H]1O[C@@H](n2ccc(Nc3ccccc3)nc2=O)[C@H](O[Si](C)(C)C(C)(C)C)[C@@H]1O[N+](=O)[O-]. The molecular formula is C27H44N4O7Si2. The van der Waals surface area contributed by atoms with E-state index >= 15 is 0 Å². The van der Waals surface area contributed by atoms with Gasteiger partial charge in [0.05, 0.1) is 6.61 Å². The summed E-state index contributed by atoms with van der Waals surface area (Å²) in [7, 11) is -4.72. The molecule has 222 valence electrons. The van der Waals surface area contributed by atoms with E-state index < -0.39 is 52.0 Å². The van der Waals surface area contributed by atoms with Crippen molar-refractivity contribution in [2.45, 2.75) is 102 Å². The summed E-state index contributed by atoms with van der Waals surface area (Å²) in [5.74, 6) is 0.364. The Morgan fingerprint density at radius 3 is 2.12 bits per heavy atom. The van der Waals surface area contributed by atoms with Crippen LogP contribution in [0.25, 0.3) is 0 Å². The van der Waals surface area contributed by atoms with Crippen molar-refractivity contribution in [2.75, 3.05) is 11.9 Å². The molecule has 1 aliphatic rings. The third kappa shape index (κ3) is 7.37. The minimum atomic E-state index is -2.50. The van der Waals surface area contributed by atoms with Crippen molar-refractivity contribution in [3.63, 3.8) is 0 Å². The van der Waals surface area contributed by atoms with Gasteiger partial charge in [0.25, 0.3) is 5.09 Å². The van der Waals surface area contributed by atoms with Crippen LogP contribution < -0.4 is 11.0 Å². The van der Waals surface area contributed by atoms with Crippen LogP contribution in [-0.4, -0.2) is 56.2 Å². The lowest BCUT2D eigenvalue weighted by Crippen LogP contribution is -2.51. The molecule has 1 aromatic carbocycles. The number of anilines is 2. The molecule has 4 atom stereocenters. The van der Waals surface area contributed by atoms with E-state index in [4.69, 9.17) is 18.4 Å². The number of nitrogens with zero attached hydrogens (tertiary/aromatic N) is 3. The molecule has 1 fully saturated rings. The maximum atomic E-state index is 13.3. The van der Waals surface area contributed by atoms with Gasteiger partial charge in [-0.1, -0.05) is 59.7 Å². The predicted octanol–water partition coefficient (Wildman–Crippen LogP) is 5.87. The van der Waals surface area contributed by atoms with Crippen LogP contribution in [0.15, 0.2) is 47.4 Å². The fraction of sp³-hybridized carbons (Fsp3) is 0.630. The van der Waals surface area contributed by atoms with E-state index in [9.17, 15) is 14.9 Å². The summed E-state index contributed by atoms with van der Waals surface area (Å²) < 4.78 is 20.7. The predicted molar refractivity (Wildman–Crippen MR) is 159 cm³/mol. The molecule has 1 aliphatic heterocycles. The van der Waals surface area contributed by atoms with Crippen molar-refractivity contribution in [1.82, 2.24) is 9.55 Å². The monoisotopic (exact) mass is 592 g/mol. The van der Waals surface area contributed by atoms with Gasteiger partial charge in [-0.2, -0.15) is 4.98 Å². The quantitative estimate of drug-likeness (QED) is 0.205. The molecule has 0 bridgehead atoms. The Labute approximate surface area is 238 Å². The Hall–Kier alpha value is -2.59. The van der Waals surface area contributed by atoms with E-state index in [0.29, 0.717) is 5.82 Å². The lowest BCUT2D eigenvalue weighted by Gasteiger charge is -2.40. The van der Waals surface area contributed by atoms with E-state index in [0.717, 1.165) is 5.69 Å². The average Bonchev–Trinajstić information content (AvgIpc) is 3.12. The minimum absolute atomic E-state index is 0.0681. The van der Waals surface area contributed by atoms with Crippen LogP contribution in [0.3, 0.4) is 0 Å². The first-order chi connectivity index (χ1) is 18.3. The van der Waals surface area contributed by atoms with Crippen molar-refractivity contribution >= 4 is 28.1 Å². The van der Waals surface area contributed by atoms with Crippen LogP contribution in [0.4, 0.5) is 11.5 Å². The molecule has 2 heterocycles. The zero-order valence-electron chi connectivity index (χ0n) is 25.3. The fourth-order valence-corrected chi connectivity index (χ4v) is 6.09. The second-order valence-corrected chi connectivity index (χ2v) is 22.8. The van der Waals surface area contributed by atoms with Crippen molar-refractivity contribution in [2.24, 2.45) is 0 Å². The zero-order chi connectivity index (χ0) is 30.1. The summed E-state index contributed by atoms with van der Waals surface area (Å²) in [5.41, 5.74) is 0.200. The van der Waals surface area contributed by atoms with E-state index in [-0.39, 0.29) is 16.7 Å². The van der Waals surface area contributed by atoms with Crippen molar-refractivity contribution in [3.05, 3.63) is 63.2 Å². The molecule has 1 aromatic heterocycles. The number of benzene rings is 1. The van der Waals surface area contributed by atoms with E-state index in [1.807, 2.05) is 43.4 Å². The number of ether oxygens (including phenoxy) is 1. The van der Waals surface area contributed by atoms with Gasteiger partial charge in [-0.25, -0.2) is 4.79 Å². The van der Waals surface area contributed by atoms with Crippen LogP contribution >= 0.6 is 0 Å². The first-order valence-corrected chi connectivity index (χ1v) is 19.3. The highest BCUT2D eigenvalue weighted by Crippen LogP contribution is 2.43. The number of hydrogen-bond donors (Lipinski definition) is 1. The molecule has 1 N–H and O–H groups in total. The van der Waals surface area contributed by atoms with Crippen LogP contribution in [0.1, 0.15) is 47.8 Å². The first kappa shape index (κ1) is 31.9. The van der Waals surface area contributed by atoms with Crippen molar-refractivity contribution < 1.29 is 23.5 Å². The van der Waals surface area contributed by atoms with Crippen LogP contribution in [0, 0.1) is 10.1 Å². The zero-order valence-corrected chi connectivity index (χ0v) is 27.3. The second kappa shape index (κ2) is 11.7. The lowest BCUT2D eigenvalue weighted by molar-refractivity contribution is -0.771. The third-order valence-electron chi connectivity index (χ3n) is 8.30. The molecule has 3 rings (SSSR count). The Balaban J connectivity index is 2.00. The van der Waals surface area contributed by atoms with E-state index in [2.05, 4.69) is 64.9 Å². The van der Waals surface area contributed by atoms with Crippen LogP contribution in [0.2, 0.25) is 36.3 Å². The van der Waals surface area contributed by atoms with Crippen LogP contribution in [-0.2, 0) is 18.4 Å². The van der Waals surface area contributed by atoms with Gasteiger partial charge in [-0.3, -0.25) is 4.57 Å². The summed E-state index contributed by atoms with van der Waals surface area (Å²) in [6, 6.07) is 11.0. The van der Waals surface area contributed by atoms with Crippen LogP contribution in [0.5, 0.6) is 0 Å². The smallest absolute Gasteiger partial charge is 0.351 e. The van der Waals surface area contributed by atoms with Gasteiger partial charge in [0, 0.05) is 11.9 Å². The van der Waals surface area contributed by atoms with E-state index in [1.165, 1.54) is 4.57 Å². The second-order valence-electron chi connectivity index (χ2n) is 13.3. The van der Waals surface area contributed by atoms with Gasteiger partial charge in [0.1, 0.15) is 18.0 Å². The maximum Gasteiger partial charge on any atom is 0.351 e. The Morgan fingerprint density at radius 1 is 1.00 bits per heavy atom. The molecule has 0 radical (unpaired) electrons. The normalized spacial score (nSPS) is 22.2. The molecular weight excluding hydrogens is 548 g/mol. The molecule has 0 saturated carbocycles. The van der Waals surface area contributed by atoms with Gasteiger partial charge >= 0.3 is 5.69 Å². The average molecular weight is 593 g/mol. The highest BCUT2D eigenvalue weighted by atomic mass is 28.4. The van der Waals surface area contributed by atoms with E-state index in [1.54, 1.807) is 12.3 Å². The number of aromatic nitrogens is 2. The molecule has 2 aromatic rings. The van der Waals surface area contributed by atoms with Gasteiger partial charge in [-0.15, -0.1) is 10.1 Å². The Kier molecular flexibility index (Phi) is 9.36. The highest BCUT2D eigenvalue weighted by molar-refractivity contribution is 6.74. The van der Waals surface area contributed by atoms with Gasteiger partial charge in [0.2, 0.25) is 0 Å². The Bertz CT molecular complexity index is 1230. The summed E-state index contributed by atoms with van der Waals surface area (Å²) in [6.07, 6.45) is -2.32. The molecule has 40 heavy (non-hydrogen) atoms.